The van der Waals surface area contributed by atoms with Gasteiger partial charge < -0.3 is 15.4 Å². The fourth-order valence-corrected chi connectivity index (χ4v) is 5.00. The molecule has 0 bridgehead atoms. The van der Waals surface area contributed by atoms with E-state index >= 15 is 0 Å². The Kier molecular flexibility index (Phi) is 7.23. The summed E-state index contributed by atoms with van der Waals surface area (Å²) in [6.45, 7) is 5.56. The SMILES string of the molecule is CCOC(=O)c1c(NC(=O)C[NH2+]CCc2ccccc2)sc2c1CC[C@H](C)C2. The standard InChI is InChI=1S/C22H28N2O3S/c1-3-27-22(26)20-17-10-9-15(2)13-18(17)28-21(20)24-19(25)14-23-12-11-16-7-5-4-6-8-16/h4-8,15,23H,3,9-14H2,1-2H3,(H,24,25)/p+1/t15-/m0/s1. The molecule has 3 N–H and O–H groups in total. The Bertz CT molecular complexity index is 817. The van der Waals surface area contributed by atoms with Gasteiger partial charge in [0.2, 0.25) is 0 Å². The summed E-state index contributed by atoms with van der Waals surface area (Å²) in [5.41, 5.74) is 2.92. The molecule has 0 saturated heterocycles. The van der Waals surface area contributed by atoms with Crippen LogP contribution in [-0.4, -0.2) is 31.6 Å². The highest BCUT2D eigenvalue weighted by atomic mass is 32.1. The maximum absolute atomic E-state index is 12.5. The van der Waals surface area contributed by atoms with Gasteiger partial charge in [0.05, 0.1) is 18.7 Å². The van der Waals surface area contributed by atoms with Crippen molar-refractivity contribution in [2.24, 2.45) is 5.92 Å². The first-order valence-electron chi connectivity index (χ1n) is 10.1. The molecule has 1 amide bonds. The van der Waals surface area contributed by atoms with Gasteiger partial charge in [-0.2, -0.15) is 0 Å². The fraction of sp³-hybridized carbons (Fsp3) is 0.455. The normalized spacial score (nSPS) is 15.7. The number of anilines is 1. The lowest BCUT2D eigenvalue weighted by Crippen LogP contribution is -2.86. The van der Waals surface area contributed by atoms with Crippen LogP contribution in [0, 0.1) is 5.92 Å². The maximum Gasteiger partial charge on any atom is 0.341 e. The molecule has 0 radical (unpaired) electrons. The summed E-state index contributed by atoms with van der Waals surface area (Å²) < 4.78 is 5.26. The van der Waals surface area contributed by atoms with Crippen molar-refractivity contribution in [3.63, 3.8) is 0 Å². The highest BCUT2D eigenvalue weighted by Crippen LogP contribution is 2.40. The van der Waals surface area contributed by atoms with Crippen LogP contribution in [0.25, 0.3) is 0 Å². The third kappa shape index (κ3) is 5.20. The number of hydrogen-bond donors (Lipinski definition) is 2. The minimum atomic E-state index is -0.321. The number of ether oxygens (including phenoxy) is 1. The average Bonchev–Trinajstić information content (AvgIpc) is 3.03. The predicted molar refractivity (Wildman–Crippen MR) is 112 cm³/mol. The van der Waals surface area contributed by atoms with Crippen LogP contribution in [0.5, 0.6) is 0 Å². The summed E-state index contributed by atoms with van der Waals surface area (Å²) >= 11 is 1.54. The molecule has 0 spiro atoms. The molecule has 6 heteroatoms. The summed E-state index contributed by atoms with van der Waals surface area (Å²) in [5.74, 6) is 0.208. The van der Waals surface area contributed by atoms with E-state index in [2.05, 4.69) is 24.4 Å². The molecule has 3 rings (SSSR count). The Morgan fingerprint density at radius 3 is 2.82 bits per heavy atom. The van der Waals surface area contributed by atoms with Crippen LogP contribution in [0.4, 0.5) is 5.00 Å². The van der Waals surface area contributed by atoms with Crippen molar-refractivity contribution in [1.29, 1.82) is 0 Å². The van der Waals surface area contributed by atoms with Gasteiger partial charge in [0, 0.05) is 11.3 Å². The number of carbonyl (C=O) groups is 2. The number of amides is 1. The number of benzene rings is 1. The molecule has 0 unspecified atom stereocenters. The Hall–Kier alpha value is -2.18. The largest absolute Gasteiger partial charge is 0.462 e. The number of thiophene rings is 1. The molecule has 0 aliphatic heterocycles. The van der Waals surface area contributed by atoms with E-state index in [1.807, 2.05) is 23.5 Å². The van der Waals surface area contributed by atoms with Crippen LogP contribution >= 0.6 is 11.3 Å². The molecule has 1 heterocycles. The molecule has 1 aromatic carbocycles. The number of carbonyl (C=O) groups excluding carboxylic acids is 2. The van der Waals surface area contributed by atoms with Crippen molar-refractivity contribution in [3.05, 3.63) is 51.9 Å². The van der Waals surface area contributed by atoms with Gasteiger partial charge in [0.1, 0.15) is 5.00 Å². The van der Waals surface area contributed by atoms with Gasteiger partial charge in [0.25, 0.3) is 5.91 Å². The first-order valence-corrected chi connectivity index (χ1v) is 10.9. The van der Waals surface area contributed by atoms with Gasteiger partial charge in [-0.1, -0.05) is 37.3 Å². The van der Waals surface area contributed by atoms with E-state index in [1.165, 1.54) is 21.8 Å². The van der Waals surface area contributed by atoms with Gasteiger partial charge >= 0.3 is 5.97 Å². The molecule has 2 aromatic rings. The number of fused-ring (bicyclic) bond motifs is 1. The van der Waals surface area contributed by atoms with Crippen molar-refractivity contribution in [2.75, 3.05) is 25.0 Å². The minimum absolute atomic E-state index is 0.0785. The number of nitrogens with two attached hydrogens (primary N) is 1. The number of rotatable bonds is 8. The van der Waals surface area contributed by atoms with Crippen LogP contribution in [0.15, 0.2) is 30.3 Å². The van der Waals surface area contributed by atoms with Crippen LogP contribution in [-0.2, 0) is 28.8 Å². The molecule has 1 aliphatic carbocycles. The summed E-state index contributed by atoms with van der Waals surface area (Å²) in [6.07, 6.45) is 3.83. The maximum atomic E-state index is 12.5. The third-order valence-electron chi connectivity index (χ3n) is 5.05. The Morgan fingerprint density at radius 2 is 2.07 bits per heavy atom. The molecular weight excluding hydrogens is 372 g/mol. The highest BCUT2D eigenvalue weighted by Gasteiger charge is 2.29. The van der Waals surface area contributed by atoms with E-state index in [-0.39, 0.29) is 11.9 Å². The summed E-state index contributed by atoms with van der Waals surface area (Å²) in [6, 6.07) is 10.2. The molecule has 1 aliphatic rings. The molecular formula is C22H29N2O3S+. The molecule has 28 heavy (non-hydrogen) atoms. The zero-order valence-electron chi connectivity index (χ0n) is 16.6. The number of hydrogen-bond acceptors (Lipinski definition) is 4. The van der Waals surface area contributed by atoms with Crippen molar-refractivity contribution < 1.29 is 19.6 Å². The molecule has 150 valence electrons. The number of nitrogens with one attached hydrogen (secondary N) is 1. The molecule has 0 saturated carbocycles. The lowest BCUT2D eigenvalue weighted by Gasteiger charge is -2.18. The van der Waals surface area contributed by atoms with Crippen LogP contribution < -0.4 is 10.6 Å². The lowest BCUT2D eigenvalue weighted by atomic mass is 9.88. The van der Waals surface area contributed by atoms with Crippen molar-refractivity contribution in [3.8, 4) is 0 Å². The topological polar surface area (TPSA) is 72.0 Å². The second-order valence-electron chi connectivity index (χ2n) is 7.34. The molecule has 5 nitrogen and oxygen atoms in total. The van der Waals surface area contributed by atoms with E-state index < -0.39 is 0 Å². The lowest BCUT2D eigenvalue weighted by molar-refractivity contribution is -0.643. The van der Waals surface area contributed by atoms with E-state index in [0.29, 0.717) is 29.6 Å². The fourth-order valence-electron chi connectivity index (χ4n) is 3.58. The zero-order valence-corrected chi connectivity index (χ0v) is 17.4. The Morgan fingerprint density at radius 1 is 1.29 bits per heavy atom. The van der Waals surface area contributed by atoms with Crippen molar-refractivity contribution in [1.82, 2.24) is 0 Å². The van der Waals surface area contributed by atoms with Crippen molar-refractivity contribution >= 4 is 28.2 Å². The van der Waals surface area contributed by atoms with Crippen molar-refractivity contribution in [2.45, 2.75) is 39.5 Å². The number of quaternary nitrogens is 1. The van der Waals surface area contributed by atoms with Crippen LogP contribution in [0.2, 0.25) is 0 Å². The smallest absolute Gasteiger partial charge is 0.341 e. The van der Waals surface area contributed by atoms with Crippen LogP contribution in [0.1, 0.15) is 46.6 Å². The molecule has 0 fully saturated rings. The predicted octanol–water partition coefficient (Wildman–Crippen LogP) is 2.79. The third-order valence-corrected chi connectivity index (χ3v) is 6.22. The first kappa shape index (κ1) is 20.6. The summed E-state index contributed by atoms with van der Waals surface area (Å²) in [4.78, 5) is 26.2. The van der Waals surface area contributed by atoms with Gasteiger partial charge in [-0.05, 0) is 43.2 Å². The minimum Gasteiger partial charge on any atom is -0.462 e. The molecule has 1 aromatic heterocycles. The Labute approximate surface area is 170 Å². The van der Waals surface area contributed by atoms with Gasteiger partial charge in [-0.25, -0.2) is 4.79 Å². The quantitative estimate of drug-likeness (QED) is 0.528. The van der Waals surface area contributed by atoms with E-state index in [9.17, 15) is 9.59 Å². The van der Waals surface area contributed by atoms with E-state index in [0.717, 1.165) is 37.8 Å². The first-order chi connectivity index (χ1) is 13.6. The zero-order chi connectivity index (χ0) is 19.9. The van der Waals surface area contributed by atoms with E-state index in [4.69, 9.17) is 4.74 Å². The van der Waals surface area contributed by atoms with Gasteiger partial charge in [-0.15, -0.1) is 11.3 Å². The van der Waals surface area contributed by atoms with Gasteiger partial charge in [-0.3, -0.25) is 4.79 Å². The van der Waals surface area contributed by atoms with Gasteiger partial charge in [0.15, 0.2) is 6.54 Å². The van der Waals surface area contributed by atoms with Crippen LogP contribution in [0.3, 0.4) is 0 Å². The second kappa shape index (κ2) is 9.85. The van der Waals surface area contributed by atoms with E-state index in [1.54, 1.807) is 6.92 Å². The molecule has 1 atom stereocenters. The Balaban J connectivity index is 1.60. The average molecular weight is 402 g/mol. The summed E-state index contributed by atoms with van der Waals surface area (Å²) in [7, 11) is 0. The highest BCUT2D eigenvalue weighted by molar-refractivity contribution is 7.17. The monoisotopic (exact) mass is 401 g/mol. The second-order valence-corrected chi connectivity index (χ2v) is 8.45. The number of esters is 1. The summed E-state index contributed by atoms with van der Waals surface area (Å²) in [5, 5.41) is 5.62.